The minimum absolute atomic E-state index is 0.0268. The van der Waals surface area contributed by atoms with E-state index in [1.165, 1.54) is 24.5 Å². The number of carbonyl (C=O) groups excluding carboxylic acids is 1. The molecule has 2 aromatic heterocycles. The molecule has 2 saturated heterocycles. The first-order valence-corrected chi connectivity index (χ1v) is 11.3. The number of H-pyrrole nitrogens is 1. The molecule has 3 N–H and O–H groups in total. The minimum Gasteiger partial charge on any atom is -0.506 e. The largest absolute Gasteiger partial charge is 0.506 e. The molecule has 9 nitrogen and oxygen atoms in total. The van der Waals surface area contributed by atoms with Crippen LogP contribution in [0.4, 0.5) is 14.6 Å². The van der Waals surface area contributed by atoms with Gasteiger partial charge in [-0.25, -0.2) is 13.8 Å². The minimum atomic E-state index is -2.97. The fourth-order valence-corrected chi connectivity index (χ4v) is 4.35. The number of carbonyl (C=O) groups is 1. The summed E-state index contributed by atoms with van der Waals surface area (Å²) >= 11 is 0. The standard InChI is InChI=1S/C23H29F2N5O4/c1-15(21(32)28-20-3-2-18(31)12-26-20)30-5-4-23(24,25)19(14-30)16-10-17(22(33)27-11-16)13-29-6-8-34-9-7-29/h2-3,10-12,15,19,31H,4-9,13-14H2,1H3,(H,27,33)(H,26,28,32). The van der Waals surface area contributed by atoms with E-state index in [0.717, 1.165) is 0 Å². The molecule has 0 aliphatic carbocycles. The number of amides is 1. The molecule has 2 atom stereocenters. The molecule has 0 spiro atoms. The van der Waals surface area contributed by atoms with Crippen LogP contribution in [0.15, 0.2) is 35.4 Å². The molecule has 11 heteroatoms. The Morgan fingerprint density at radius 2 is 2.12 bits per heavy atom. The summed E-state index contributed by atoms with van der Waals surface area (Å²) in [5.41, 5.74) is 0.502. The molecule has 0 radical (unpaired) electrons. The number of nitrogens with one attached hydrogen (secondary N) is 2. The van der Waals surface area contributed by atoms with Gasteiger partial charge < -0.3 is 20.1 Å². The van der Waals surface area contributed by atoms with Crippen molar-refractivity contribution >= 4 is 11.7 Å². The maximum atomic E-state index is 15.0. The number of ether oxygens (including phenoxy) is 1. The van der Waals surface area contributed by atoms with E-state index < -0.39 is 24.3 Å². The molecule has 4 heterocycles. The second kappa shape index (κ2) is 10.2. The number of anilines is 1. The van der Waals surface area contributed by atoms with Crippen molar-refractivity contribution < 1.29 is 23.4 Å². The molecule has 2 aromatic rings. The number of aromatic nitrogens is 2. The molecule has 0 aromatic carbocycles. The van der Waals surface area contributed by atoms with Crippen molar-refractivity contribution in [1.82, 2.24) is 19.8 Å². The predicted molar refractivity (Wildman–Crippen MR) is 121 cm³/mol. The molecule has 4 rings (SSSR count). The average Bonchev–Trinajstić information content (AvgIpc) is 2.82. The van der Waals surface area contributed by atoms with Crippen molar-refractivity contribution in [3.63, 3.8) is 0 Å². The smallest absolute Gasteiger partial charge is 0.257 e. The average molecular weight is 478 g/mol. The highest BCUT2D eigenvalue weighted by molar-refractivity contribution is 5.93. The molecule has 1 amide bonds. The Morgan fingerprint density at radius 3 is 2.82 bits per heavy atom. The van der Waals surface area contributed by atoms with Crippen LogP contribution < -0.4 is 10.9 Å². The van der Waals surface area contributed by atoms with Crippen LogP contribution in [0.1, 0.15) is 30.4 Å². The van der Waals surface area contributed by atoms with Crippen molar-refractivity contribution in [3.05, 3.63) is 52.1 Å². The zero-order valence-electron chi connectivity index (χ0n) is 19.0. The lowest BCUT2D eigenvalue weighted by molar-refractivity contribution is -0.125. The van der Waals surface area contributed by atoms with E-state index in [2.05, 4.69) is 20.2 Å². The van der Waals surface area contributed by atoms with E-state index in [1.807, 2.05) is 0 Å². The van der Waals surface area contributed by atoms with Crippen LogP contribution in [0.2, 0.25) is 0 Å². The second-order valence-electron chi connectivity index (χ2n) is 8.80. The monoisotopic (exact) mass is 477 g/mol. The Hall–Kier alpha value is -2.89. The summed E-state index contributed by atoms with van der Waals surface area (Å²) in [6, 6.07) is 3.75. The first-order valence-electron chi connectivity index (χ1n) is 11.3. The summed E-state index contributed by atoms with van der Waals surface area (Å²) in [6.07, 6.45) is 2.17. The van der Waals surface area contributed by atoms with Crippen molar-refractivity contribution in [2.24, 2.45) is 0 Å². The van der Waals surface area contributed by atoms with Crippen LogP contribution in [0.5, 0.6) is 5.75 Å². The fraction of sp³-hybridized carbons (Fsp3) is 0.522. The molecule has 0 bridgehead atoms. The number of halogens is 2. The number of likely N-dealkylation sites (tertiary alicyclic amines) is 1. The van der Waals surface area contributed by atoms with Gasteiger partial charge in [0.1, 0.15) is 11.6 Å². The number of hydrogen-bond donors (Lipinski definition) is 3. The highest BCUT2D eigenvalue weighted by atomic mass is 19.3. The van der Waals surface area contributed by atoms with E-state index in [4.69, 9.17) is 4.74 Å². The predicted octanol–water partition coefficient (Wildman–Crippen LogP) is 1.76. The lowest BCUT2D eigenvalue weighted by atomic mass is 9.86. The van der Waals surface area contributed by atoms with Gasteiger partial charge in [0.25, 0.3) is 11.5 Å². The Kier molecular flexibility index (Phi) is 7.24. The highest BCUT2D eigenvalue weighted by Gasteiger charge is 2.46. The summed E-state index contributed by atoms with van der Waals surface area (Å²) in [5, 5.41) is 12.0. The Bertz CT molecular complexity index is 1060. The molecule has 2 aliphatic rings. The number of nitrogens with zero attached hydrogens (tertiary/aromatic N) is 3. The number of morpholine rings is 1. The van der Waals surface area contributed by atoms with Crippen LogP contribution in [-0.4, -0.2) is 82.1 Å². The van der Waals surface area contributed by atoms with Crippen molar-refractivity contribution in [2.75, 3.05) is 44.7 Å². The highest BCUT2D eigenvalue weighted by Crippen LogP contribution is 2.40. The molecular formula is C23H29F2N5O4. The van der Waals surface area contributed by atoms with Gasteiger partial charge in [0.2, 0.25) is 5.91 Å². The van der Waals surface area contributed by atoms with Gasteiger partial charge >= 0.3 is 0 Å². The van der Waals surface area contributed by atoms with Crippen LogP contribution >= 0.6 is 0 Å². The van der Waals surface area contributed by atoms with Gasteiger partial charge in [0, 0.05) is 50.9 Å². The van der Waals surface area contributed by atoms with E-state index in [9.17, 15) is 23.5 Å². The molecule has 2 aliphatic heterocycles. The molecule has 0 saturated carbocycles. The number of piperidine rings is 1. The van der Waals surface area contributed by atoms with Crippen molar-refractivity contribution in [1.29, 1.82) is 0 Å². The Labute approximate surface area is 195 Å². The normalized spacial score (nSPS) is 22.3. The summed E-state index contributed by atoms with van der Waals surface area (Å²) < 4.78 is 35.3. The van der Waals surface area contributed by atoms with Crippen LogP contribution in [0.3, 0.4) is 0 Å². The Balaban J connectivity index is 1.48. The third-order valence-electron chi connectivity index (χ3n) is 6.49. The van der Waals surface area contributed by atoms with Gasteiger partial charge in [-0.3, -0.25) is 19.4 Å². The summed E-state index contributed by atoms with van der Waals surface area (Å²) in [6.45, 7) is 4.57. The van der Waals surface area contributed by atoms with Gasteiger partial charge in [-0.2, -0.15) is 0 Å². The number of pyridine rings is 2. The zero-order chi connectivity index (χ0) is 24.3. The quantitative estimate of drug-likeness (QED) is 0.582. The summed E-state index contributed by atoms with van der Waals surface area (Å²) in [7, 11) is 0. The number of aromatic amines is 1. The van der Waals surface area contributed by atoms with Crippen molar-refractivity contribution in [3.8, 4) is 5.75 Å². The third-order valence-corrected chi connectivity index (χ3v) is 6.49. The SMILES string of the molecule is CC(C(=O)Nc1ccc(O)cn1)N1CCC(F)(F)C(c2c[nH]c(=O)c(CN3CCOCC3)c2)C1. The van der Waals surface area contributed by atoms with E-state index >= 15 is 0 Å². The number of rotatable bonds is 6. The number of aromatic hydroxyl groups is 1. The van der Waals surface area contributed by atoms with Crippen LogP contribution in [0.25, 0.3) is 0 Å². The molecule has 2 fully saturated rings. The summed E-state index contributed by atoms with van der Waals surface area (Å²) in [4.78, 5) is 35.4. The molecular weight excluding hydrogens is 448 g/mol. The maximum absolute atomic E-state index is 15.0. The van der Waals surface area contributed by atoms with Gasteiger partial charge in [0.05, 0.1) is 31.4 Å². The van der Waals surface area contributed by atoms with Gasteiger partial charge in [-0.05, 0) is 30.7 Å². The summed E-state index contributed by atoms with van der Waals surface area (Å²) in [5.74, 6) is -4.28. The second-order valence-corrected chi connectivity index (χ2v) is 8.80. The first-order chi connectivity index (χ1) is 16.2. The van der Waals surface area contributed by atoms with Crippen LogP contribution in [-0.2, 0) is 16.1 Å². The van der Waals surface area contributed by atoms with E-state index in [1.54, 1.807) is 17.9 Å². The lowest BCUT2D eigenvalue weighted by Gasteiger charge is -2.40. The fourth-order valence-electron chi connectivity index (χ4n) is 4.35. The lowest BCUT2D eigenvalue weighted by Crippen LogP contribution is -2.52. The zero-order valence-corrected chi connectivity index (χ0v) is 19.0. The molecule has 2 unspecified atom stereocenters. The number of hydrogen-bond acceptors (Lipinski definition) is 7. The van der Waals surface area contributed by atoms with Crippen molar-refractivity contribution in [2.45, 2.75) is 37.8 Å². The topological polar surface area (TPSA) is 111 Å². The third kappa shape index (κ3) is 5.60. The first kappa shape index (κ1) is 24.2. The number of alkyl halides is 2. The van der Waals surface area contributed by atoms with Gasteiger partial charge in [-0.15, -0.1) is 0 Å². The van der Waals surface area contributed by atoms with Crippen LogP contribution in [0, 0.1) is 0 Å². The van der Waals surface area contributed by atoms with E-state index in [0.29, 0.717) is 44.0 Å². The van der Waals surface area contributed by atoms with Gasteiger partial charge in [-0.1, -0.05) is 0 Å². The molecule has 34 heavy (non-hydrogen) atoms. The Morgan fingerprint density at radius 1 is 1.35 bits per heavy atom. The van der Waals surface area contributed by atoms with Gasteiger partial charge in [0.15, 0.2) is 0 Å². The van der Waals surface area contributed by atoms with E-state index in [-0.39, 0.29) is 36.1 Å². The molecule has 184 valence electrons. The maximum Gasteiger partial charge on any atom is 0.257 e.